The lowest BCUT2D eigenvalue weighted by molar-refractivity contribution is 0.0988. The zero-order valence-electron chi connectivity index (χ0n) is 12.1. The summed E-state index contributed by atoms with van der Waals surface area (Å²) in [6.07, 6.45) is 0. The highest BCUT2D eigenvalue weighted by atomic mass is 16.5. The molecule has 0 atom stereocenters. The monoisotopic (exact) mass is 269 g/mol. The molecule has 0 saturated heterocycles. The minimum absolute atomic E-state index is 0.0167. The highest BCUT2D eigenvalue weighted by Crippen LogP contribution is 2.20. The fraction of sp³-hybridized carbons (Fsp3) is 0.235. The number of anilines is 1. The molecule has 2 aromatic rings. The molecule has 3 nitrogen and oxygen atoms in total. The largest absolute Gasteiger partial charge is 0.497 e. The second-order valence-electron chi connectivity index (χ2n) is 4.62. The minimum Gasteiger partial charge on any atom is -0.497 e. The first-order valence-electron chi connectivity index (χ1n) is 6.68. The Balaban J connectivity index is 2.33. The van der Waals surface area contributed by atoms with Crippen LogP contribution in [0.3, 0.4) is 0 Å². The number of benzene rings is 2. The molecule has 1 amide bonds. The normalized spacial score (nSPS) is 10.2. The van der Waals surface area contributed by atoms with E-state index in [9.17, 15) is 4.79 Å². The van der Waals surface area contributed by atoms with E-state index in [1.165, 1.54) is 0 Å². The van der Waals surface area contributed by atoms with E-state index < -0.39 is 0 Å². The van der Waals surface area contributed by atoms with Crippen LogP contribution >= 0.6 is 0 Å². The summed E-state index contributed by atoms with van der Waals surface area (Å²) in [5.41, 5.74) is 2.69. The molecular weight excluding hydrogens is 250 g/mol. The quantitative estimate of drug-likeness (QED) is 0.847. The second-order valence-corrected chi connectivity index (χ2v) is 4.62. The predicted octanol–water partition coefficient (Wildman–Crippen LogP) is 3.67. The number of carbonyl (C=O) groups is 1. The number of rotatable bonds is 4. The number of aryl methyl sites for hydroxylation is 1. The highest BCUT2D eigenvalue weighted by Gasteiger charge is 2.16. The van der Waals surface area contributed by atoms with E-state index in [1.807, 2.05) is 56.3 Å². The summed E-state index contributed by atoms with van der Waals surface area (Å²) in [6, 6.07) is 15.2. The van der Waals surface area contributed by atoms with E-state index in [4.69, 9.17) is 4.74 Å². The fourth-order valence-electron chi connectivity index (χ4n) is 2.15. The third kappa shape index (κ3) is 2.99. The van der Waals surface area contributed by atoms with Crippen molar-refractivity contribution < 1.29 is 9.53 Å². The van der Waals surface area contributed by atoms with Crippen LogP contribution in [0.4, 0.5) is 5.69 Å². The summed E-state index contributed by atoms with van der Waals surface area (Å²) >= 11 is 0. The molecule has 0 heterocycles. The molecule has 0 aromatic heterocycles. The van der Waals surface area contributed by atoms with Crippen molar-refractivity contribution in [1.29, 1.82) is 0 Å². The Morgan fingerprint density at radius 3 is 2.55 bits per heavy atom. The average molecular weight is 269 g/mol. The maximum absolute atomic E-state index is 12.6. The van der Waals surface area contributed by atoms with Crippen molar-refractivity contribution in [2.45, 2.75) is 13.8 Å². The summed E-state index contributed by atoms with van der Waals surface area (Å²) in [7, 11) is 1.60. The van der Waals surface area contributed by atoms with Gasteiger partial charge in [0.15, 0.2) is 0 Å². The van der Waals surface area contributed by atoms with Gasteiger partial charge < -0.3 is 9.64 Å². The molecule has 0 N–H and O–H groups in total. The Hall–Kier alpha value is -2.29. The fourth-order valence-corrected chi connectivity index (χ4v) is 2.15. The van der Waals surface area contributed by atoms with Gasteiger partial charge in [-0.3, -0.25) is 4.79 Å². The van der Waals surface area contributed by atoms with Gasteiger partial charge in [-0.05, 0) is 49.7 Å². The van der Waals surface area contributed by atoms with Gasteiger partial charge >= 0.3 is 0 Å². The lowest BCUT2D eigenvalue weighted by Crippen LogP contribution is -2.30. The van der Waals surface area contributed by atoms with Crippen molar-refractivity contribution in [2.24, 2.45) is 0 Å². The molecule has 3 heteroatoms. The van der Waals surface area contributed by atoms with E-state index in [0.29, 0.717) is 17.9 Å². The highest BCUT2D eigenvalue weighted by molar-refractivity contribution is 6.06. The number of hydrogen-bond donors (Lipinski definition) is 0. The Kier molecular flexibility index (Phi) is 4.41. The average Bonchev–Trinajstić information content (AvgIpc) is 2.48. The van der Waals surface area contributed by atoms with E-state index in [2.05, 4.69) is 0 Å². The van der Waals surface area contributed by atoms with Crippen LogP contribution in [0.5, 0.6) is 5.75 Å². The summed E-state index contributed by atoms with van der Waals surface area (Å²) in [6.45, 7) is 4.62. The predicted molar refractivity (Wildman–Crippen MR) is 81.5 cm³/mol. The Morgan fingerprint density at radius 1 is 1.15 bits per heavy atom. The topological polar surface area (TPSA) is 29.5 Å². The number of methoxy groups -OCH3 is 1. The van der Waals surface area contributed by atoms with Gasteiger partial charge in [0, 0.05) is 17.8 Å². The van der Waals surface area contributed by atoms with Crippen LogP contribution in [0.2, 0.25) is 0 Å². The molecule has 0 aliphatic rings. The molecular formula is C17H19NO2. The van der Waals surface area contributed by atoms with Crippen LogP contribution in [-0.2, 0) is 0 Å². The number of amides is 1. The maximum Gasteiger partial charge on any atom is 0.258 e. The molecule has 0 bridgehead atoms. The first-order valence-corrected chi connectivity index (χ1v) is 6.68. The Labute approximate surface area is 119 Å². The van der Waals surface area contributed by atoms with Gasteiger partial charge in [0.2, 0.25) is 0 Å². The van der Waals surface area contributed by atoms with E-state index >= 15 is 0 Å². The number of carbonyl (C=O) groups excluding carboxylic acids is 1. The summed E-state index contributed by atoms with van der Waals surface area (Å²) < 4.78 is 5.17. The van der Waals surface area contributed by atoms with Crippen molar-refractivity contribution in [2.75, 3.05) is 18.6 Å². The van der Waals surface area contributed by atoms with Crippen LogP contribution in [0.15, 0.2) is 48.5 Å². The van der Waals surface area contributed by atoms with Crippen LogP contribution in [0.1, 0.15) is 22.8 Å². The van der Waals surface area contributed by atoms with Gasteiger partial charge in [-0.15, -0.1) is 0 Å². The molecule has 2 aromatic carbocycles. The number of ether oxygens (including phenoxy) is 1. The number of hydrogen-bond acceptors (Lipinski definition) is 2. The van der Waals surface area contributed by atoms with Crippen LogP contribution in [0.25, 0.3) is 0 Å². The van der Waals surface area contributed by atoms with Crippen molar-refractivity contribution in [3.8, 4) is 5.75 Å². The lowest BCUT2D eigenvalue weighted by Gasteiger charge is -2.21. The van der Waals surface area contributed by atoms with Crippen molar-refractivity contribution in [1.82, 2.24) is 0 Å². The molecule has 0 spiro atoms. The van der Waals surface area contributed by atoms with Gasteiger partial charge in [0.05, 0.1) is 7.11 Å². The number of nitrogens with zero attached hydrogens (tertiary/aromatic N) is 1. The minimum atomic E-state index is -0.0167. The summed E-state index contributed by atoms with van der Waals surface area (Å²) in [5, 5.41) is 0. The molecule has 0 unspecified atom stereocenters. The van der Waals surface area contributed by atoms with Gasteiger partial charge in [-0.1, -0.05) is 18.2 Å². The van der Waals surface area contributed by atoms with E-state index in [0.717, 1.165) is 11.3 Å². The van der Waals surface area contributed by atoms with E-state index in [1.54, 1.807) is 18.1 Å². The maximum atomic E-state index is 12.6. The summed E-state index contributed by atoms with van der Waals surface area (Å²) in [5.74, 6) is 0.674. The molecule has 0 aliphatic carbocycles. The molecule has 20 heavy (non-hydrogen) atoms. The lowest BCUT2D eigenvalue weighted by atomic mass is 10.1. The molecule has 0 fully saturated rings. The van der Waals surface area contributed by atoms with E-state index in [-0.39, 0.29) is 5.91 Å². The molecule has 0 aliphatic heterocycles. The molecule has 104 valence electrons. The SMILES string of the molecule is CCN(C(=O)c1cccc(OC)c1)c1cccc(C)c1. The van der Waals surface area contributed by atoms with Crippen LogP contribution in [0, 0.1) is 6.92 Å². The van der Waals surface area contributed by atoms with Crippen LogP contribution < -0.4 is 9.64 Å². The van der Waals surface area contributed by atoms with Gasteiger partial charge in [-0.25, -0.2) is 0 Å². The Bertz CT molecular complexity index is 607. The smallest absolute Gasteiger partial charge is 0.258 e. The van der Waals surface area contributed by atoms with Gasteiger partial charge in [-0.2, -0.15) is 0 Å². The van der Waals surface area contributed by atoms with Crippen molar-refractivity contribution in [3.05, 3.63) is 59.7 Å². The Morgan fingerprint density at radius 2 is 1.90 bits per heavy atom. The third-order valence-electron chi connectivity index (χ3n) is 3.19. The molecule has 0 saturated carbocycles. The summed E-state index contributed by atoms with van der Waals surface area (Å²) in [4.78, 5) is 14.4. The first-order chi connectivity index (χ1) is 9.65. The molecule has 2 rings (SSSR count). The second kappa shape index (κ2) is 6.24. The van der Waals surface area contributed by atoms with Gasteiger partial charge in [0.1, 0.15) is 5.75 Å². The van der Waals surface area contributed by atoms with Crippen molar-refractivity contribution >= 4 is 11.6 Å². The van der Waals surface area contributed by atoms with Gasteiger partial charge in [0.25, 0.3) is 5.91 Å². The standard InChI is InChI=1S/C17H19NO2/c1-4-18(15-9-5-7-13(2)11-15)17(19)14-8-6-10-16(12-14)20-3/h5-12H,4H2,1-3H3. The van der Waals surface area contributed by atoms with Crippen LogP contribution in [-0.4, -0.2) is 19.6 Å². The third-order valence-corrected chi connectivity index (χ3v) is 3.19. The first kappa shape index (κ1) is 14.1. The zero-order valence-corrected chi connectivity index (χ0v) is 12.1. The molecule has 0 radical (unpaired) electrons. The zero-order chi connectivity index (χ0) is 14.5. The van der Waals surface area contributed by atoms with Crippen molar-refractivity contribution in [3.63, 3.8) is 0 Å².